The van der Waals surface area contributed by atoms with E-state index in [0.717, 1.165) is 10.9 Å². The zero-order valence-electron chi connectivity index (χ0n) is 13.8. The summed E-state index contributed by atoms with van der Waals surface area (Å²) in [6.07, 6.45) is 0.896. The van der Waals surface area contributed by atoms with Crippen LogP contribution in [0.15, 0.2) is 54.7 Å². The Balaban J connectivity index is 2.07. The average molecular weight is 340 g/mol. The Morgan fingerprint density at radius 3 is 2.76 bits per heavy atom. The van der Waals surface area contributed by atoms with Crippen LogP contribution < -0.4 is 10.1 Å². The molecule has 1 unspecified atom stereocenters. The molecule has 0 aliphatic rings. The molecule has 0 spiro atoms. The number of hydrogen-bond donors (Lipinski definition) is 3. The van der Waals surface area contributed by atoms with Crippen molar-refractivity contribution in [1.82, 2.24) is 9.88 Å². The summed E-state index contributed by atoms with van der Waals surface area (Å²) in [5.74, 6) is 0.0593. The highest BCUT2D eigenvalue weighted by Crippen LogP contribution is 2.28. The molecule has 1 atom stereocenters. The van der Waals surface area contributed by atoms with Gasteiger partial charge in [-0.15, -0.1) is 0 Å². The molecule has 0 bridgehead atoms. The highest BCUT2D eigenvalue weighted by atomic mass is 16.5. The molecule has 130 valence electrons. The van der Waals surface area contributed by atoms with Gasteiger partial charge in [0.15, 0.2) is 0 Å². The fourth-order valence-electron chi connectivity index (χ4n) is 2.78. The molecule has 25 heavy (non-hydrogen) atoms. The Bertz CT molecular complexity index is 888. The number of aliphatic hydroxyl groups is 2. The lowest BCUT2D eigenvalue weighted by Crippen LogP contribution is -2.34. The van der Waals surface area contributed by atoms with E-state index in [4.69, 9.17) is 9.84 Å². The quantitative estimate of drug-likeness (QED) is 0.638. The number of nitrogens with zero attached hydrogens (tertiary/aromatic N) is 1. The molecule has 1 amide bonds. The maximum atomic E-state index is 12.7. The van der Waals surface area contributed by atoms with E-state index in [2.05, 4.69) is 5.32 Å². The summed E-state index contributed by atoms with van der Waals surface area (Å²) < 4.78 is 7.29. The molecule has 1 aromatic heterocycles. The number of benzene rings is 2. The van der Waals surface area contributed by atoms with Crippen molar-refractivity contribution in [3.63, 3.8) is 0 Å². The van der Waals surface area contributed by atoms with Gasteiger partial charge in [0.2, 0.25) is 0 Å². The van der Waals surface area contributed by atoms with Gasteiger partial charge in [0, 0.05) is 12.7 Å². The predicted molar refractivity (Wildman–Crippen MR) is 95.3 cm³/mol. The highest BCUT2D eigenvalue weighted by Gasteiger charge is 2.20. The molecule has 0 aliphatic heterocycles. The van der Waals surface area contributed by atoms with Gasteiger partial charge < -0.3 is 24.8 Å². The van der Waals surface area contributed by atoms with Crippen molar-refractivity contribution in [2.75, 3.05) is 20.3 Å². The van der Waals surface area contributed by atoms with E-state index in [1.807, 2.05) is 53.2 Å². The van der Waals surface area contributed by atoms with Crippen LogP contribution >= 0.6 is 0 Å². The Morgan fingerprint density at radius 1 is 1.20 bits per heavy atom. The molecule has 0 saturated carbocycles. The summed E-state index contributed by atoms with van der Waals surface area (Å²) in [7, 11) is 1.51. The molecule has 0 saturated heterocycles. The minimum absolute atomic E-state index is 0.0424. The number of ether oxygens (including phenoxy) is 1. The second kappa shape index (κ2) is 7.38. The first kappa shape index (κ1) is 17.0. The number of para-hydroxylation sites is 1. The van der Waals surface area contributed by atoms with E-state index in [-0.39, 0.29) is 12.5 Å². The lowest BCUT2D eigenvalue weighted by atomic mass is 10.1. The summed E-state index contributed by atoms with van der Waals surface area (Å²) in [6, 6.07) is 15.2. The van der Waals surface area contributed by atoms with E-state index in [9.17, 15) is 9.90 Å². The standard InChI is InChI=1S/C19H20N2O4/c1-25-17-8-4-7-16(18(17)19(24)20-11-14(23)12-22)21-10-9-13-5-2-3-6-15(13)21/h2-10,14,22-23H,11-12H2,1H3,(H,20,24). The van der Waals surface area contributed by atoms with Crippen LogP contribution in [0.2, 0.25) is 0 Å². The number of hydrogen-bond acceptors (Lipinski definition) is 4. The molecule has 3 N–H and O–H groups in total. The van der Waals surface area contributed by atoms with Gasteiger partial charge in [-0.05, 0) is 29.7 Å². The molecule has 0 fully saturated rings. The summed E-state index contributed by atoms with van der Waals surface area (Å²) >= 11 is 0. The van der Waals surface area contributed by atoms with Crippen molar-refractivity contribution in [3.8, 4) is 11.4 Å². The zero-order chi connectivity index (χ0) is 17.8. The molecule has 6 nitrogen and oxygen atoms in total. The lowest BCUT2D eigenvalue weighted by molar-refractivity contribution is 0.0800. The Morgan fingerprint density at radius 2 is 2.00 bits per heavy atom. The first-order valence-corrected chi connectivity index (χ1v) is 7.96. The van der Waals surface area contributed by atoms with Gasteiger partial charge in [0.05, 0.1) is 31.0 Å². The minimum atomic E-state index is -1.01. The molecule has 0 aliphatic carbocycles. The van der Waals surface area contributed by atoms with Crippen LogP contribution in [-0.4, -0.2) is 47.1 Å². The van der Waals surface area contributed by atoms with E-state index in [1.165, 1.54) is 7.11 Å². The molecule has 0 radical (unpaired) electrons. The van der Waals surface area contributed by atoms with E-state index in [1.54, 1.807) is 6.07 Å². The zero-order valence-corrected chi connectivity index (χ0v) is 13.8. The number of aliphatic hydroxyl groups excluding tert-OH is 2. The van der Waals surface area contributed by atoms with Crippen LogP contribution in [0.1, 0.15) is 10.4 Å². The molecular weight excluding hydrogens is 320 g/mol. The molecule has 6 heteroatoms. The van der Waals surface area contributed by atoms with Gasteiger partial charge in [-0.1, -0.05) is 24.3 Å². The van der Waals surface area contributed by atoms with Gasteiger partial charge in [-0.25, -0.2) is 0 Å². The van der Waals surface area contributed by atoms with Crippen LogP contribution in [0.25, 0.3) is 16.6 Å². The lowest BCUT2D eigenvalue weighted by Gasteiger charge is -2.16. The highest BCUT2D eigenvalue weighted by molar-refractivity contribution is 6.01. The maximum Gasteiger partial charge on any atom is 0.257 e. The summed E-state index contributed by atoms with van der Waals surface area (Å²) in [4.78, 5) is 12.7. The number of carbonyl (C=O) groups is 1. The van der Waals surface area contributed by atoms with Crippen molar-refractivity contribution in [3.05, 3.63) is 60.3 Å². The first-order valence-electron chi connectivity index (χ1n) is 7.96. The van der Waals surface area contributed by atoms with Crippen LogP contribution in [0.5, 0.6) is 5.75 Å². The fourth-order valence-corrected chi connectivity index (χ4v) is 2.78. The third kappa shape index (κ3) is 3.35. The first-order chi connectivity index (χ1) is 12.2. The normalized spacial score (nSPS) is 12.1. The second-order valence-electron chi connectivity index (χ2n) is 5.65. The maximum absolute atomic E-state index is 12.7. The Labute approximate surface area is 145 Å². The van der Waals surface area contributed by atoms with Gasteiger partial charge in [0.25, 0.3) is 5.91 Å². The molecule has 3 aromatic rings. The summed E-state index contributed by atoms with van der Waals surface area (Å²) in [5, 5.41) is 22.1. The Kier molecular flexibility index (Phi) is 5.02. The summed E-state index contributed by atoms with van der Waals surface area (Å²) in [6.45, 7) is -0.458. The van der Waals surface area contributed by atoms with Crippen molar-refractivity contribution in [1.29, 1.82) is 0 Å². The van der Waals surface area contributed by atoms with Crippen molar-refractivity contribution in [2.45, 2.75) is 6.10 Å². The summed E-state index contributed by atoms with van der Waals surface area (Å²) in [5.41, 5.74) is 2.02. The van der Waals surface area contributed by atoms with Gasteiger partial charge in [0.1, 0.15) is 11.3 Å². The number of methoxy groups -OCH3 is 1. The van der Waals surface area contributed by atoms with Crippen molar-refractivity contribution < 1.29 is 19.7 Å². The van der Waals surface area contributed by atoms with Gasteiger partial charge in [-0.2, -0.15) is 0 Å². The predicted octanol–water partition coefficient (Wildman–Crippen LogP) is 1.72. The topological polar surface area (TPSA) is 83.7 Å². The average Bonchev–Trinajstić information content (AvgIpc) is 3.09. The number of carbonyl (C=O) groups excluding carboxylic acids is 1. The van der Waals surface area contributed by atoms with Crippen LogP contribution in [-0.2, 0) is 0 Å². The number of rotatable bonds is 6. The van der Waals surface area contributed by atoms with Crippen LogP contribution in [0.4, 0.5) is 0 Å². The SMILES string of the molecule is COc1cccc(-n2ccc3ccccc32)c1C(=O)NCC(O)CO. The third-order valence-electron chi connectivity index (χ3n) is 4.02. The van der Waals surface area contributed by atoms with Crippen LogP contribution in [0, 0.1) is 0 Å². The number of fused-ring (bicyclic) bond motifs is 1. The number of aromatic nitrogens is 1. The minimum Gasteiger partial charge on any atom is -0.496 e. The van der Waals surface area contributed by atoms with Crippen LogP contribution in [0.3, 0.4) is 0 Å². The number of amides is 1. The van der Waals surface area contributed by atoms with Gasteiger partial charge >= 0.3 is 0 Å². The van der Waals surface area contributed by atoms with E-state index in [0.29, 0.717) is 17.0 Å². The number of nitrogens with one attached hydrogen (secondary N) is 1. The van der Waals surface area contributed by atoms with E-state index >= 15 is 0 Å². The fraction of sp³-hybridized carbons (Fsp3) is 0.211. The molecule has 1 heterocycles. The molecular formula is C19H20N2O4. The largest absolute Gasteiger partial charge is 0.496 e. The Hall–Kier alpha value is -2.83. The second-order valence-corrected chi connectivity index (χ2v) is 5.65. The smallest absolute Gasteiger partial charge is 0.257 e. The monoisotopic (exact) mass is 340 g/mol. The van der Waals surface area contributed by atoms with Gasteiger partial charge in [-0.3, -0.25) is 4.79 Å². The molecule has 3 rings (SSSR count). The van der Waals surface area contributed by atoms with Crippen molar-refractivity contribution >= 4 is 16.8 Å². The van der Waals surface area contributed by atoms with Crippen molar-refractivity contribution in [2.24, 2.45) is 0 Å². The molecule has 2 aromatic carbocycles. The third-order valence-corrected chi connectivity index (χ3v) is 4.02. The van der Waals surface area contributed by atoms with E-state index < -0.39 is 12.7 Å².